The maximum Gasteiger partial charge on any atom is 0.337 e. The van der Waals surface area contributed by atoms with E-state index in [0.717, 1.165) is 16.5 Å². The van der Waals surface area contributed by atoms with Gasteiger partial charge in [0.15, 0.2) is 0 Å². The van der Waals surface area contributed by atoms with Crippen molar-refractivity contribution in [2.24, 2.45) is 15.9 Å². The molecule has 0 bridgehead atoms. The minimum atomic E-state index is -0.374. The Labute approximate surface area is 178 Å². The van der Waals surface area contributed by atoms with Gasteiger partial charge in [0.05, 0.1) is 18.9 Å². The number of carbonyl (C=O) groups excluding carboxylic acids is 1. The predicted octanol–water partition coefficient (Wildman–Crippen LogP) is 3.74. The van der Waals surface area contributed by atoms with E-state index in [1.165, 1.54) is 11.8 Å². The molecule has 0 spiro atoms. The maximum absolute atomic E-state index is 11.5. The lowest BCUT2D eigenvalue weighted by Crippen LogP contribution is -2.30. The minimum absolute atomic E-state index is 0. The smallest absolute Gasteiger partial charge is 0.337 e. The molecular formula is C19H19IN4O2S. The molecule has 27 heavy (non-hydrogen) atoms. The van der Waals surface area contributed by atoms with Gasteiger partial charge in [-0.3, -0.25) is 0 Å². The maximum atomic E-state index is 11.5. The largest absolute Gasteiger partial charge is 0.465 e. The molecular weight excluding hydrogens is 475 g/mol. The quantitative estimate of drug-likeness (QED) is 0.186. The molecule has 0 aliphatic carbocycles. The second-order valence-electron chi connectivity index (χ2n) is 5.46. The van der Waals surface area contributed by atoms with Crippen LogP contribution in [0.4, 0.5) is 0 Å². The summed E-state index contributed by atoms with van der Waals surface area (Å²) < 4.78 is 5.91. The fourth-order valence-electron chi connectivity index (χ4n) is 2.41. The van der Waals surface area contributed by atoms with Crippen LogP contribution >= 0.6 is 35.3 Å². The molecule has 1 heterocycles. The van der Waals surface area contributed by atoms with Crippen molar-refractivity contribution in [1.29, 1.82) is 0 Å². The third-order valence-electron chi connectivity index (χ3n) is 3.69. The Kier molecular flexibility index (Phi) is 7.74. The standard InChI is InChI=1S/C19H18N4O2S.HI/c1-25-18(24)14-6-4-5-13(9-14)10-21-19(20)23-22-11-15-12-26-17-8-3-2-7-16(15)17;/h2-9,11-12H,10H2,1H3,(H3,20,21,23);1H. The summed E-state index contributed by atoms with van der Waals surface area (Å²) >= 11 is 1.66. The molecule has 3 N–H and O–H groups in total. The first-order chi connectivity index (χ1) is 12.7. The minimum Gasteiger partial charge on any atom is -0.465 e. The average Bonchev–Trinajstić information content (AvgIpc) is 3.09. The monoisotopic (exact) mass is 494 g/mol. The summed E-state index contributed by atoms with van der Waals surface area (Å²) in [5.74, 6) is -0.176. The number of hydrogen-bond acceptors (Lipinski definition) is 5. The van der Waals surface area contributed by atoms with Gasteiger partial charge < -0.3 is 15.8 Å². The Bertz CT molecular complexity index is 985. The van der Waals surface area contributed by atoms with Crippen molar-refractivity contribution < 1.29 is 9.53 Å². The first-order valence-corrected chi connectivity index (χ1v) is 8.79. The highest BCUT2D eigenvalue weighted by Crippen LogP contribution is 2.24. The van der Waals surface area contributed by atoms with Crippen LogP contribution in [0.3, 0.4) is 0 Å². The summed E-state index contributed by atoms with van der Waals surface area (Å²) in [5.41, 5.74) is 8.22. The Morgan fingerprint density at radius 1 is 1.26 bits per heavy atom. The van der Waals surface area contributed by atoms with Crippen LogP contribution in [0, 0.1) is 0 Å². The SMILES string of the molecule is COC(=O)c1cccc(CNC(N)=NN=Cc2csc3ccccc23)c1.I. The van der Waals surface area contributed by atoms with Crippen LogP contribution in [0.25, 0.3) is 10.1 Å². The van der Waals surface area contributed by atoms with E-state index in [-0.39, 0.29) is 35.9 Å². The van der Waals surface area contributed by atoms with E-state index in [4.69, 9.17) is 10.5 Å². The number of halogens is 1. The van der Waals surface area contributed by atoms with Gasteiger partial charge in [-0.05, 0) is 23.8 Å². The number of nitrogens with one attached hydrogen (secondary N) is 1. The van der Waals surface area contributed by atoms with Gasteiger partial charge in [0.1, 0.15) is 0 Å². The molecule has 3 aromatic rings. The van der Waals surface area contributed by atoms with E-state index >= 15 is 0 Å². The third kappa shape index (κ3) is 5.51. The molecule has 0 saturated carbocycles. The fraction of sp³-hybridized carbons (Fsp3) is 0.105. The van der Waals surface area contributed by atoms with Crippen LogP contribution in [0.15, 0.2) is 64.1 Å². The number of guanidine groups is 1. The molecule has 0 unspecified atom stereocenters. The summed E-state index contributed by atoms with van der Waals surface area (Å²) in [7, 11) is 1.35. The average molecular weight is 494 g/mol. The first kappa shape index (κ1) is 20.8. The number of ether oxygens (including phenoxy) is 1. The number of fused-ring (bicyclic) bond motifs is 1. The Morgan fingerprint density at radius 3 is 2.89 bits per heavy atom. The Balaban J connectivity index is 0.00000261. The number of rotatable bonds is 5. The highest BCUT2D eigenvalue weighted by molar-refractivity contribution is 14.0. The highest BCUT2D eigenvalue weighted by atomic mass is 127. The Morgan fingerprint density at radius 2 is 2.07 bits per heavy atom. The fourth-order valence-corrected chi connectivity index (χ4v) is 3.32. The number of carbonyl (C=O) groups is 1. The number of nitrogens with zero attached hydrogens (tertiary/aromatic N) is 2. The van der Waals surface area contributed by atoms with Gasteiger partial charge in [-0.2, -0.15) is 5.10 Å². The zero-order chi connectivity index (χ0) is 18.4. The van der Waals surface area contributed by atoms with Gasteiger partial charge in [-0.15, -0.1) is 40.4 Å². The third-order valence-corrected chi connectivity index (χ3v) is 4.68. The van der Waals surface area contributed by atoms with Crippen LogP contribution in [0.5, 0.6) is 0 Å². The van der Waals surface area contributed by atoms with Gasteiger partial charge in [0.2, 0.25) is 5.96 Å². The van der Waals surface area contributed by atoms with E-state index in [1.54, 1.807) is 35.8 Å². The van der Waals surface area contributed by atoms with Crippen molar-refractivity contribution in [3.63, 3.8) is 0 Å². The molecule has 0 radical (unpaired) electrons. The van der Waals surface area contributed by atoms with E-state index in [0.29, 0.717) is 12.1 Å². The predicted molar refractivity (Wildman–Crippen MR) is 121 cm³/mol. The number of esters is 1. The molecule has 6 nitrogen and oxygen atoms in total. The van der Waals surface area contributed by atoms with Crippen molar-refractivity contribution >= 4 is 63.5 Å². The van der Waals surface area contributed by atoms with E-state index < -0.39 is 0 Å². The topological polar surface area (TPSA) is 89.1 Å². The number of hydrogen-bond donors (Lipinski definition) is 2. The van der Waals surface area contributed by atoms with Gasteiger partial charge in [0.25, 0.3) is 0 Å². The van der Waals surface area contributed by atoms with E-state index in [9.17, 15) is 4.79 Å². The molecule has 0 aliphatic rings. The van der Waals surface area contributed by atoms with Crippen molar-refractivity contribution in [1.82, 2.24) is 5.32 Å². The van der Waals surface area contributed by atoms with Gasteiger partial charge >= 0.3 is 5.97 Å². The van der Waals surface area contributed by atoms with Crippen LogP contribution in [0.1, 0.15) is 21.5 Å². The van der Waals surface area contributed by atoms with Crippen LogP contribution in [0.2, 0.25) is 0 Å². The van der Waals surface area contributed by atoms with Crippen molar-refractivity contribution in [2.75, 3.05) is 7.11 Å². The summed E-state index contributed by atoms with van der Waals surface area (Å²) in [6.45, 7) is 0.428. The van der Waals surface area contributed by atoms with Gasteiger partial charge in [0, 0.05) is 27.6 Å². The van der Waals surface area contributed by atoms with Gasteiger partial charge in [-0.25, -0.2) is 4.79 Å². The molecule has 0 aliphatic heterocycles. The zero-order valence-corrected chi connectivity index (χ0v) is 17.7. The molecule has 0 saturated heterocycles. The van der Waals surface area contributed by atoms with Crippen molar-refractivity contribution in [2.45, 2.75) is 6.54 Å². The van der Waals surface area contributed by atoms with Crippen molar-refractivity contribution in [3.8, 4) is 0 Å². The van der Waals surface area contributed by atoms with Crippen molar-refractivity contribution in [3.05, 3.63) is 70.6 Å². The summed E-state index contributed by atoms with van der Waals surface area (Å²) in [5, 5.41) is 14.1. The molecule has 0 fully saturated rings. The molecule has 0 atom stereocenters. The lowest BCUT2D eigenvalue weighted by molar-refractivity contribution is 0.0600. The highest BCUT2D eigenvalue weighted by Gasteiger charge is 2.05. The number of nitrogens with two attached hydrogens (primary N) is 1. The summed E-state index contributed by atoms with van der Waals surface area (Å²) in [6.07, 6.45) is 1.69. The lowest BCUT2D eigenvalue weighted by atomic mass is 10.1. The molecule has 3 rings (SSSR count). The Hall–Kier alpha value is -2.46. The molecule has 140 valence electrons. The summed E-state index contributed by atoms with van der Waals surface area (Å²) in [6, 6.07) is 15.2. The molecule has 0 amide bonds. The molecule has 2 aromatic carbocycles. The first-order valence-electron chi connectivity index (χ1n) is 7.91. The zero-order valence-electron chi connectivity index (χ0n) is 14.6. The number of benzene rings is 2. The van der Waals surface area contributed by atoms with E-state index in [1.807, 2.05) is 29.6 Å². The lowest BCUT2D eigenvalue weighted by Gasteiger charge is -2.06. The van der Waals surface area contributed by atoms with Crippen LogP contribution < -0.4 is 11.1 Å². The number of methoxy groups -OCH3 is 1. The van der Waals surface area contributed by atoms with Crippen LogP contribution in [-0.4, -0.2) is 25.3 Å². The molecule has 8 heteroatoms. The second-order valence-corrected chi connectivity index (χ2v) is 6.37. The number of thiophene rings is 1. The van der Waals surface area contributed by atoms with Crippen LogP contribution in [-0.2, 0) is 11.3 Å². The molecule has 1 aromatic heterocycles. The van der Waals surface area contributed by atoms with E-state index in [2.05, 4.69) is 21.6 Å². The van der Waals surface area contributed by atoms with Gasteiger partial charge in [-0.1, -0.05) is 30.3 Å². The summed E-state index contributed by atoms with van der Waals surface area (Å²) in [4.78, 5) is 11.5. The second kappa shape index (κ2) is 10.0. The normalized spacial score (nSPS) is 11.4.